The molecule has 0 fully saturated rings. The summed E-state index contributed by atoms with van der Waals surface area (Å²) in [7, 11) is 0. The number of carbonyl (C=O) groups is 1. The molecule has 3 heteroatoms. The second-order valence-electron chi connectivity index (χ2n) is 5.02. The average molecular weight is 259 g/mol. The molecule has 0 aromatic heterocycles. The topological polar surface area (TPSA) is 40.5 Å². The van der Waals surface area contributed by atoms with E-state index in [0.717, 1.165) is 43.5 Å². The zero-order chi connectivity index (χ0) is 13.7. The van der Waals surface area contributed by atoms with Gasteiger partial charge >= 0.3 is 5.97 Å². The van der Waals surface area contributed by atoms with Gasteiger partial charge in [-0.05, 0) is 30.9 Å². The standard InChI is InChI=1S/C16H21NO2/c1-2-3-4-5-8-11-17-14-10-7-6-9-13(14)12-15(17)16(18)19/h2,6-7,9-10,15H,1,3-5,8,11-12H2,(H,18,19). The zero-order valence-electron chi connectivity index (χ0n) is 11.2. The molecule has 1 aromatic carbocycles. The van der Waals surface area contributed by atoms with Gasteiger partial charge in [-0.2, -0.15) is 0 Å². The van der Waals surface area contributed by atoms with E-state index in [2.05, 4.69) is 6.58 Å². The van der Waals surface area contributed by atoms with E-state index >= 15 is 0 Å². The first-order valence-electron chi connectivity index (χ1n) is 6.92. The van der Waals surface area contributed by atoms with Crippen molar-refractivity contribution in [1.82, 2.24) is 0 Å². The van der Waals surface area contributed by atoms with Crippen LogP contribution in [0.25, 0.3) is 0 Å². The van der Waals surface area contributed by atoms with E-state index in [9.17, 15) is 9.90 Å². The first-order chi connectivity index (χ1) is 9.24. The van der Waals surface area contributed by atoms with Crippen LogP contribution in [0.2, 0.25) is 0 Å². The number of fused-ring (bicyclic) bond motifs is 1. The van der Waals surface area contributed by atoms with E-state index < -0.39 is 12.0 Å². The van der Waals surface area contributed by atoms with Gasteiger partial charge in [-0.25, -0.2) is 4.79 Å². The predicted molar refractivity (Wildman–Crippen MR) is 77.6 cm³/mol. The van der Waals surface area contributed by atoms with Crippen LogP contribution in [0.5, 0.6) is 0 Å². The minimum absolute atomic E-state index is 0.392. The highest BCUT2D eigenvalue weighted by Crippen LogP contribution is 2.32. The van der Waals surface area contributed by atoms with Crippen molar-refractivity contribution in [2.45, 2.75) is 38.1 Å². The van der Waals surface area contributed by atoms with Crippen molar-refractivity contribution in [3.63, 3.8) is 0 Å². The molecular weight excluding hydrogens is 238 g/mol. The van der Waals surface area contributed by atoms with E-state index in [1.165, 1.54) is 0 Å². The minimum atomic E-state index is -0.720. The normalized spacial score (nSPS) is 17.3. The van der Waals surface area contributed by atoms with E-state index in [1.807, 2.05) is 35.2 Å². The molecule has 0 radical (unpaired) electrons. The van der Waals surface area contributed by atoms with Crippen LogP contribution < -0.4 is 4.90 Å². The van der Waals surface area contributed by atoms with Gasteiger partial charge in [-0.1, -0.05) is 30.7 Å². The van der Waals surface area contributed by atoms with Gasteiger partial charge in [0, 0.05) is 18.7 Å². The quantitative estimate of drug-likeness (QED) is 0.603. The average Bonchev–Trinajstić information content (AvgIpc) is 2.78. The van der Waals surface area contributed by atoms with E-state index in [1.54, 1.807) is 0 Å². The molecule has 102 valence electrons. The third-order valence-corrected chi connectivity index (χ3v) is 3.68. The van der Waals surface area contributed by atoms with Crippen molar-refractivity contribution >= 4 is 11.7 Å². The van der Waals surface area contributed by atoms with Gasteiger partial charge in [0.05, 0.1) is 0 Å². The third-order valence-electron chi connectivity index (χ3n) is 3.68. The Morgan fingerprint density at radius 1 is 1.37 bits per heavy atom. The molecule has 1 aliphatic heterocycles. The predicted octanol–water partition coefficient (Wildman–Crippen LogP) is 3.25. The van der Waals surface area contributed by atoms with Crippen molar-refractivity contribution in [3.8, 4) is 0 Å². The van der Waals surface area contributed by atoms with Crippen LogP contribution in [0.1, 0.15) is 31.2 Å². The molecular formula is C16H21NO2. The van der Waals surface area contributed by atoms with Gasteiger partial charge in [-0.15, -0.1) is 6.58 Å². The molecule has 1 aromatic rings. The number of aliphatic carboxylic acids is 1. The molecule has 1 heterocycles. The molecule has 1 atom stereocenters. The molecule has 1 unspecified atom stereocenters. The van der Waals surface area contributed by atoms with Crippen LogP contribution in [0.15, 0.2) is 36.9 Å². The summed E-state index contributed by atoms with van der Waals surface area (Å²) in [6, 6.07) is 7.63. The van der Waals surface area contributed by atoms with Crippen molar-refractivity contribution in [2.75, 3.05) is 11.4 Å². The van der Waals surface area contributed by atoms with Gasteiger partial charge in [0.25, 0.3) is 0 Å². The summed E-state index contributed by atoms with van der Waals surface area (Å²) in [4.78, 5) is 13.4. The van der Waals surface area contributed by atoms with Gasteiger partial charge in [0.15, 0.2) is 0 Å². The fraction of sp³-hybridized carbons (Fsp3) is 0.438. The number of anilines is 1. The summed E-state index contributed by atoms with van der Waals surface area (Å²) < 4.78 is 0. The van der Waals surface area contributed by atoms with Gasteiger partial charge < -0.3 is 10.0 Å². The number of carboxylic acid groups (broad SMARTS) is 1. The van der Waals surface area contributed by atoms with Crippen LogP contribution in [0.4, 0.5) is 5.69 Å². The van der Waals surface area contributed by atoms with Crippen molar-refractivity contribution in [2.24, 2.45) is 0 Å². The second kappa shape index (κ2) is 6.41. The number of benzene rings is 1. The fourth-order valence-corrected chi connectivity index (χ4v) is 2.69. The minimum Gasteiger partial charge on any atom is -0.480 e. The Morgan fingerprint density at radius 2 is 2.16 bits per heavy atom. The second-order valence-corrected chi connectivity index (χ2v) is 5.02. The van der Waals surface area contributed by atoms with Gasteiger partial charge in [0.2, 0.25) is 0 Å². The largest absolute Gasteiger partial charge is 0.480 e. The molecule has 0 saturated carbocycles. The summed E-state index contributed by atoms with van der Waals surface area (Å²) in [6.45, 7) is 4.54. The maximum atomic E-state index is 11.4. The Bertz CT molecular complexity index is 456. The lowest BCUT2D eigenvalue weighted by Gasteiger charge is -2.24. The number of carboxylic acids is 1. The molecule has 0 spiro atoms. The SMILES string of the molecule is C=CCCCCCN1c2ccccc2CC1C(=O)O. The monoisotopic (exact) mass is 259 g/mol. The van der Waals surface area contributed by atoms with Crippen LogP contribution in [0.3, 0.4) is 0 Å². The molecule has 3 nitrogen and oxygen atoms in total. The van der Waals surface area contributed by atoms with E-state index in [0.29, 0.717) is 6.42 Å². The van der Waals surface area contributed by atoms with Crippen LogP contribution >= 0.6 is 0 Å². The summed E-state index contributed by atoms with van der Waals surface area (Å²) in [6.07, 6.45) is 6.89. The highest BCUT2D eigenvalue weighted by Gasteiger charge is 2.33. The Morgan fingerprint density at radius 3 is 2.89 bits per heavy atom. The van der Waals surface area contributed by atoms with Crippen LogP contribution in [-0.2, 0) is 11.2 Å². The van der Waals surface area contributed by atoms with E-state index in [4.69, 9.17) is 0 Å². The highest BCUT2D eigenvalue weighted by atomic mass is 16.4. The van der Waals surface area contributed by atoms with Crippen molar-refractivity contribution in [3.05, 3.63) is 42.5 Å². The molecule has 0 bridgehead atoms. The molecule has 0 saturated heterocycles. The van der Waals surface area contributed by atoms with Crippen LogP contribution in [0, 0.1) is 0 Å². The molecule has 19 heavy (non-hydrogen) atoms. The van der Waals surface area contributed by atoms with E-state index in [-0.39, 0.29) is 0 Å². The Kier molecular flexibility index (Phi) is 4.61. The number of unbranched alkanes of at least 4 members (excludes halogenated alkanes) is 3. The summed E-state index contributed by atoms with van der Waals surface area (Å²) in [5.41, 5.74) is 2.25. The summed E-state index contributed by atoms with van der Waals surface area (Å²) >= 11 is 0. The molecule has 0 aliphatic carbocycles. The number of allylic oxidation sites excluding steroid dienone is 1. The molecule has 2 rings (SSSR count). The summed E-state index contributed by atoms with van der Waals surface area (Å²) in [5.74, 6) is -0.720. The zero-order valence-corrected chi connectivity index (χ0v) is 11.2. The van der Waals surface area contributed by atoms with Gasteiger partial charge in [-0.3, -0.25) is 0 Å². The lowest BCUT2D eigenvalue weighted by molar-refractivity contribution is -0.138. The lowest BCUT2D eigenvalue weighted by Crippen LogP contribution is -2.39. The number of nitrogens with zero attached hydrogens (tertiary/aromatic N) is 1. The fourth-order valence-electron chi connectivity index (χ4n) is 2.69. The van der Waals surface area contributed by atoms with Crippen LogP contribution in [-0.4, -0.2) is 23.7 Å². The smallest absolute Gasteiger partial charge is 0.326 e. The Balaban J connectivity index is 1.98. The lowest BCUT2D eigenvalue weighted by atomic mass is 10.1. The molecule has 0 amide bonds. The number of hydrogen-bond donors (Lipinski definition) is 1. The first kappa shape index (κ1) is 13.7. The summed E-state index contributed by atoms with van der Waals surface area (Å²) in [5, 5.41) is 9.34. The Hall–Kier alpha value is -1.77. The van der Waals surface area contributed by atoms with Crippen molar-refractivity contribution in [1.29, 1.82) is 0 Å². The Labute approximate surface area is 114 Å². The number of hydrogen-bond acceptors (Lipinski definition) is 2. The maximum Gasteiger partial charge on any atom is 0.326 e. The number of para-hydroxylation sites is 1. The van der Waals surface area contributed by atoms with Gasteiger partial charge in [0.1, 0.15) is 6.04 Å². The maximum absolute atomic E-state index is 11.4. The third kappa shape index (κ3) is 3.16. The molecule has 1 N–H and O–H groups in total. The highest BCUT2D eigenvalue weighted by molar-refractivity contribution is 5.82. The van der Waals surface area contributed by atoms with Crippen molar-refractivity contribution < 1.29 is 9.90 Å². The number of rotatable bonds is 7. The first-order valence-corrected chi connectivity index (χ1v) is 6.92. The molecule has 1 aliphatic rings.